The third-order valence-electron chi connectivity index (χ3n) is 3.95. The summed E-state index contributed by atoms with van der Waals surface area (Å²) in [5.74, 6) is 0. The minimum atomic E-state index is 0.00167. The van der Waals surface area contributed by atoms with Gasteiger partial charge in [0.1, 0.15) is 0 Å². The number of methoxy groups -OCH3 is 1. The van der Waals surface area contributed by atoms with Gasteiger partial charge in [0, 0.05) is 52.4 Å². The first-order chi connectivity index (χ1) is 7.98. The molecule has 1 unspecified atom stereocenters. The van der Waals surface area contributed by atoms with Gasteiger partial charge in [-0.05, 0) is 27.2 Å². The van der Waals surface area contributed by atoms with Crippen molar-refractivity contribution < 1.29 is 4.74 Å². The number of hydrogen-bond donors (Lipinski definition) is 1. The second-order valence-electron chi connectivity index (χ2n) is 5.68. The molecule has 0 aliphatic carbocycles. The zero-order valence-corrected chi connectivity index (χ0v) is 11.9. The molecule has 0 saturated carbocycles. The fourth-order valence-corrected chi connectivity index (χ4v) is 2.11. The van der Waals surface area contributed by atoms with Crippen LogP contribution in [0.5, 0.6) is 0 Å². The van der Waals surface area contributed by atoms with Crippen molar-refractivity contribution in [2.24, 2.45) is 5.73 Å². The van der Waals surface area contributed by atoms with Crippen LogP contribution in [0.4, 0.5) is 0 Å². The van der Waals surface area contributed by atoms with Crippen molar-refractivity contribution in [3.05, 3.63) is 0 Å². The molecule has 1 atom stereocenters. The summed E-state index contributed by atoms with van der Waals surface area (Å²) in [7, 11) is 1.79. The Morgan fingerprint density at radius 2 is 1.82 bits per heavy atom. The molecule has 1 aliphatic rings. The fourth-order valence-electron chi connectivity index (χ4n) is 2.11. The third-order valence-corrected chi connectivity index (χ3v) is 3.95. The lowest BCUT2D eigenvalue weighted by Gasteiger charge is -2.38. The Bertz CT molecular complexity index is 213. The first-order valence-corrected chi connectivity index (χ1v) is 6.70. The minimum Gasteiger partial charge on any atom is -0.379 e. The number of nitrogens with zero attached hydrogens (tertiary/aromatic N) is 2. The molecule has 0 aromatic heterocycles. The Labute approximate surface area is 106 Å². The minimum absolute atomic E-state index is 0.00167. The maximum Gasteiger partial charge on any atom is 0.0634 e. The van der Waals surface area contributed by atoms with Crippen LogP contribution in [0.1, 0.15) is 27.2 Å². The quantitative estimate of drug-likeness (QED) is 0.748. The normalized spacial score (nSPS) is 21.7. The zero-order valence-electron chi connectivity index (χ0n) is 11.9. The van der Waals surface area contributed by atoms with Crippen LogP contribution in [-0.4, -0.2) is 67.8 Å². The molecule has 1 saturated heterocycles. The maximum absolute atomic E-state index is 5.70. The van der Waals surface area contributed by atoms with Crippen LogP contribution in [-0.2, 0) is 4.74 Å². The molecule has 102 valence electrons. The number of nitrogens with two attached hydrogens (primary N) is 1. The standard InChI is InChI=1S/C13H29N3O/c1-12(11-14)16-9-7-15(8-10-16)6-5-13(2,3)17-4/h12H,5-11,14H2,1-4H3. The van der Waals surface area contributed by atoms with E-state index in [9.17, 15) is 0 Å². The predicted molar refractivity (Wildman–Crippen MR) is 72.2 cm³/mol. The first-order valence-electron chi connectivity index (χ1n) is 6.70. The predicted octanol–water partition coefficient (Wildman–Crippen LogP) is 0.766. The average molecular weight is 243 g/mol. The van der Waals surface area contributed by atoms with Gasteiger partial charge in [0.2, 0.25) is 0 Å². The Kier molecular flexibility index (Phi) is 5.86. The largest absolute Gasteiger partial charge is 0.379 e. The van der Waals surface area contributed by atoms with Crippen molar-refractivity contribution in [1.82, 2.24) is 9.80 Å². The Morgan fingerprint density at radius 3 is 2.29 bits per heavy atom. The highest BCUT2D eigenvalue weighted by molar-refractivity contribution is 4.78. The van der Waals surface area contributed by atoms with Gasteiger partial charge in [-0.15, -0.1) is 0 Å². The SMILES string of the molecule is COC(C)(C)CCN1CCN(C(C)CN)CC1. The van der Waals surface area contributed by atoms with Crippen LogP contribution >= 0.6 is 0 Å². The zero-order chi connectivity index (χ0) is 12.9. The Morgan fingerprint density at radius 1 is 1.24 bits per heavy atom. The average Bonchev–Trinajstić information content (AvgIpc) is 2.36. The summed E-state index contributed by atoms with van der Waals surface area (Å²) in [5, 5.41) is 0. The molecule has 0 amide bonds. The van der Waals surface area contributed by atoms with E-state index < -0.39 is 0 Å². The molecule has 1 fully saturated rings. The molecule has 4 heteroatoms. The number of piperazine rings is 1. The van der Waals surface area contributed by atoms with Gasteiger partial charge in [0.05, 0.1) is 5.60 Å². The Hall–Kier alpha value is -0.160. The highest BCUT2D eigenvalue weighted by Gasteiger charge is 2.22. The molecule has 0 spiro atoms. The highest BCUT2D eigenvalue weighted by atomic mass is 16.5. The van der Waals surface area contributed by atoms with Crippen LogP contribution in [0.25, 0.3) is 0 Å². The summed E-state index contributed by atoms with van der Waals surface area (Å²) in [4.78, 5) is 5.01. The molecule has 1 rings (SSSR count). The van der Waals surface area contributed by atoms with E-state index in [0.717, 1.165) is 45.7 Å². The van der Waals surface area contributed by atoms with Crippen LogP contribution in [0.2, 0.25) is 0 Å². The summed E-state index contributed by atoms with van der Waals surface area (Å²) >= 11 is 0. The highest BCUT2D eigenvalue weighted by Crippen LogP contribution is 2.14. The van der Waals surface area contributed by atoms with E-state index in [0.29, 0.717) is 6.04 Å². The van der Waals surface area contributed by atoms with E-state index in [4.69, 9.17) is 10.5 Å². The van der Waals surface area contributed by atoms with Crippen molar-refractivity contribution >= 4 is 0 Å². The van der Waals surface area contributed by atoms with Gasteiger partial charge in [-0.25, -0.2) is 0 Å². The van der Waals surface area contributed by atoms with Gasteiger partial charge in [-0.2, -0.15) is 0 Å². The molecule has 1 aliphatic heterocycles. The van der Waals surface area contributed by atoms with Crippen LogP contribution in [0.15, 0.2) is 0 Å². The van der Waals surface area contributed by atoms with Crippen molar-refractivity contribution in [2.75, 3.05) is 46.4 Å². The van der Waals surface area contributed by atoms with Crippen molar-refractivity contribution in [1.29, 1.82) is 0 Å². The lowest BCUT2D eigenvalue weighted by atomic mass is 10.0. The van der Waals surface area contributed by atoms with E-state index in [1.54, 1.807) is 7.11 Å². The summed E-state index contributed by atoms with van der Waals surface area (Å²) in [6.45, 7) is 13.0. The third kappa shape index (κ3) is 4.92. The molecule has 0 aromatic rings. The van der Waals surface area contributed by atoms with E-state index in [2.05, 4.69) is 30.6 Å². The number of rotatable bonds is 6. The van der Waals surface area contributed by atoms with Crippen LogP contribution < -0.4 is 5.73 Å². The van der Waals surface area contributed by atoms with E-state index in [1.165, 1.54) is 0 Å². The summed E-state index contributed by atoms with van der Waals surface area (Å²) < 4.78 is 5.45. The molecule has 0 bridgehead atoms. The van der Waals surface area contributed by atoms with Gasteiger partial charge in [-0.1, -0.05) is 0 Å². The lowest BCUT2D eigenvalue weighted by molar-refractivity contribution is 0.00202. The van der Waals surface area contributed by atoms with E-state index in [1.807, 2.05) is 0 Å². The van der Waals surface area contributed by atoms with Crippen molar-refractivity contribution in [3.8, 4) is 0 Å². The van der Waals surface area contributed by atoms with Gasteiger partial charge in [0.25, 0.3) is 0 Å². The monoisotopic (exact) mass is 243 g/mol. The van der Waals surface area contributed by atoms with E-state index in [-0.39, 0.29) is 5.60 Å². The van der Waals surface area contributed by atoms with E-state index >= 15 is 0 Å². The van der Waals surface area contributed by atoms with Gasteiger partial charge >= 0.3 is 0 Å². The second kappa shape index (κ2) is 6.69. The second-order valence-corrected chi connectivity index (χ2v) is 5.68. The molecule has 4 nitrogen and oxygen atoms in total. The molecular formula is C13H29N3O. The molecule has 0 aromatic carbocycles. The fraction of sp³-hybridized carbons (Fsp3) is 1.00. The molecule has 17 heavy (non-hydrogen) atoms. The summed E-state index contributed by atoms with van der Waals surface area (Å²) in [6.07, 6.45) is 1.09. The topological polar surface area (TPSA) is 41.7 Å². The molecule has 0 radical (unpaired) electrons. The smallest absolute Gasteiger partial charge is 0.0634 e. The van der Waals surface area contributed by atoms with Crippen molar-refractivity contribution in [2.45, 2.75) is 38.8 Å². The number of ether oxygens (including phenoxy) is 1. The van der Waals surface area contributed by atoms with Gasteiger partial charge in [-0.3, -0.25) is 4.90 Å². The van der Waals surface area contributed by atoms with Crippen molar-refractivity contribution in [3.63, 3.8) is 0 Å². The first kappa shape index (κ1) is 14.9. The summed E-state index contributed by atoms with van der Waals surface area (Å²) in [5.41, 5.74) is 5.70. The maximum atomic E-state index is 5.70. The molecular weight excluding hydrogens is 214 g/mol. The number of hydrogen-bond acceptors (Lipinski definition) is 4. The molecule has 1 heterocycles. The lowest BCUT2D eigenvalue weighted by Crippen LogP contribution is -2.51. The molecule has 2 N–H and O–H groups in total. The van der Waals surface area contributed by atoms with Crippen LogP contribution in [0.3, 0.4) is 0 Å². The van der Waals surface area contributed by atoms with Gasteiger partial charge in [0.15, 0.2) is 0 Å². The van der Waals surface area contributed by atoms with Gasteiger partial charge < -0.3 is 15.4 Å². The van der Waals surface area contributed by atoms with Crippen LogP contribution in [0, 0.1) is 0 Å². The Balaban J connectivity index is 2.23. The summed E-state index contributed by atoms with van der Waals surface area (Å²) in [6, 6.07) is 0.521.